The summed E-state index contributed by atoms with van der Waals surface area (Å²) in [6, 6.07) is 8.48. The van der Waals surface area contributed by atoms with Crippen molar-refractivity contribution in [3.8, 4) is 0 Å². The average molecular weight is 356 g/mol. The molecule has 0 radical (unpaired) electrons. The molecule has 0 aliphatic heterocycles. The maximum absolute atomic E-state index is 10.0. The van der Waals surface area contributed by atoms with E-state index in [0.29, 0.717) is 19.3 Å². The van der Waals surface area contributed by atoms with Crippen molar-refractivity contribution in [2.45, 2.75) is 57.3 Å². The van der Waals surface area contributed by atoms with Crippen LogP contribution < -0.4 is 5.32 Å². The first kappa shape index (κ1) is 16.9. The summed E-state index contributed by atoms with van der Waals surface area (Å²) in [5, 5.41) is 13.4. The minimum atomic E-state index is -0.440. The van der Waals surface area contributed by atoms with Gasteiger partial charge in [0.05, 0.1) is 18.8 Å². The second-order valence-electron chi connectivity index (χ2n) is 5.93. The van der Waals surface area contributed by atoms with Crippen LogP contribution in [0.3, 0.4) is 0 Å². The summed E-state index contributed by atoms with van der Waals surface area (Å²) >= 11 is 3.44. The molecule has 0 aromatic heterocycles. The highest BCUT2D eigenvalue weighted by molar-refractivity contribution is 9.10. The highest BCUT2D eigenvalue weighted by atomic mass is 79.9. The SMILES string of the molecule is C[C@H](NCC(O)COC1CCCCC1)c1ccc(Br)cc1. The van der Waals surface area contributed by atoms with E-state index in [-0.39, 0.29) is 6.04 Å². The molecule has 1 unspecified atom stereocenters. The van der Waals surface area contributed by atoms with Crippen molar-refractivity contribution in [2.75, 3.05) is 13.2 Å². The third kappa shape index (κ3) is 6.07. The lowest BCUT2D eigenvalue weighted by Crippen LogP contribution is -2.33. The van der Waals surface area contributed by atoms with Crippen molar-refractivity contribution in [3.63, 3.8) is 0 Å². The first-order valence-corrected chi connectivity index (χ1v) is 8.73. The summed E-state index contributed by atoms with van der Waals surface area (Å²) in [7, 11) is 0. The average Bonchev–Trinajstić information content (AvgIpc) is 2.52. The van der Waals surface area contributed by atoms with E-state index in [4.69, 9.17) is 4.74 Å². The van der Waals surface area contributed by atoms with Gasteiger partial charge in [-0.15, -0.1) is 0 Å². The van der Waals surface area contributed by atoms with Gasteiger partial charge in [0.1, 0.15) is 0 Å². The van der Waals surface area contributed by atoms with Gasteiger partial charge in [0.15, 0.2) is 0 Å². The van der Waals surface area contributed by atoms with Gasteiger partial charge in [0, 0.05) is 17.1 Å². The van der Waals surface area contributed by atoms with E-state index in [1.165, 1.54) is 24.8 Å². The fourth-order valence-corrected chi connectivity index (χ4v) is 2.98. The van der Waals surface area contributed by atoms with Crippen molar-refractivity contribution >= 4 is 15.9 Å². The number of hydrogen-bond acceptors (Lipinski definition) is 3. The Balaban J connectivity index is 1.65. The summed E-state index contributed by atoms with van der Waals surface area (Å²) in [5.41, 5.74) is 1.22. The summed E-state index contributed by atoms with van der Waals surface area (Å²) in [6.07, 6.45) is 6.07. The molecule has 1 aliphatic rings. The molecule has 0 amide bonds. The van der Waals surface area contributed by atoms with Crippen LogP contribution in [0.25, 0.3) is 0 Å². The lowest BCUT2D eigenvalue weighted by Gasteiger charge is -2.24. The quantitative estimate of drug-likeness (QED) is 0.781. The van der Waals surface area contributed by atoms with Gasteiger partial charge in [-0.3, -0.25) is 0 Å². The second-order valence-corrected chi connectivity index (χ2v) is 6.84. The monoisotopic (exact) mass is 355 g/mol. The third-order valence-corrected chi connectivity index (χ3v) is 4.63. The molecule has 2 N–H and O–H groups in total. The molecule has 4 heteroatoms. The van der Waals surface area contributed by atoms with E-state index in [9.17, 15) is 5.11 Å². The highest BCUT2D eigenvalue weighted by Crippen LogP contribution is 2.20. The number of ether oxygens (including phenoxy) is 1. The van der Waals surface area contributed by atoms with Gasteiger partial charge in [-0.2, -0.15) is 0 Å². The molecule has 0 saturated heterocycles. The lowest BCUT2D eigenvalue weighted by molar-refractivity contribution is -0.0235. The molecule has 2 rings (SSSR count). The fourth-order valence-electron chi connectivity index (χ4n) is 2.72. The van der Waals surface area contributed by atoms with Crippen LogP contribution in [0.15, 0.2) is 28.7 Å². The van der Waals surface area contributed by atoms with Gasteiger partial charge >= 0.3 is 0 Å². The normalized spacial score (nSPS) is 19.4. The van der Waals surface area contributed by atoms with E-state index in [0.717, 1.165) is 17.3 Å². The van der Waals surface area contributed by atoms with Gasteiger partial charge in [0.25, 0.3) is 0 Å². The number of aliphatic hydroxyl groups is 1. The predicted molar refractivity (Wildman–Crippen MR) is 89.4 cm³/mol. The van der Waals surface area contributed by atoms with Crippen molar-refractivity contribution in [2.24, 2.45) is 0 Å². The molecule has 21 heavy (non-hydrogen) atoms. The van der Waals surface area contributed by atoms with E-state index in [1.807, 2.05) is 12.1 Å². The van der Waals surface area contributed by atoms with Crippen LogP contribution in [-0.2, 0) is 4.74 Å². The predicted octanol–water partition coefficient (Wildman–Crippen LogP) is 3.81. The fraction of sp³-hybridized carbons (Fsp3) is 0.647. The van der Waals surface area contributed by atoms with Crippen LogP contribution in [0, 0.1) is 0 Å². The van der Waals surface area contributed by atoms with Gasteiger partial charge < -0.3 is 15.2 Å². The number of aliphatic hydroxyl groups excluding tert-OH is 1. The highest BCUT2D eigenvalue weighted by Gasteiger charge is 2.16. The van der Waals surface area contributed by atoms with E-state index in [1.54, 1.807) is 0 Å². The molecule has 118 valence electrons. The number of rotatable bonds is 7. The number of halogens is 1. The molecule has 1 saturated carbocycles. The summed E-state index contributed by atoms with van der Waals surface area (Å²) < 4.78 is 6.89. The van der Waals surface area contributed by atoms with Gasteiger partial charge in [-0.25, -0.2) is 0 Å². The summed E-state index contributed by atoms with van der Waals surface area (Å²) in [6.45, 7) is 3.10. The number of benzene rings is 1. The largest absolute Gasteiger partial charge is 0.389 e. The minimum absolute atomic E-state index is 0.224. The van der Waals surface area contributed by atoms with E-state index in [2.05, 4.69) is 40.3 Å². The van der Waals surface area contributed by atoms with Crippen molar-refractivity contribution in [1.82, 2.24) is 5.32 Å². The Morgan fingerprint density at radius 2 is 1.90 bits per heavy atom. The van der Waals surface area contributed by atoms with Crippen molar-refractivity contribution in [1.29, 1.82) is 0 Å². The lowest BCUT2D eigenvalue weighted by atomic mass is 9.98. The Hall–Kier alpha value is -0.420. The third-order valence-electron chi connectivity index (χ3n) is 4.11. The van der Waals surface area contributed by atoms with E-state index < -0.39 is 6.10 Å². The molecular weight excluding hydrogens is 330 g/mol. The summed E-state index contributed by atoms with van der Waals surface area (Å²) in [5.74, 6) is 0. The van der Waals surface area contributed by atoms with Crippen LogP contribution in [0.2, 0.25) is 0 Å². The number of nitrogens with one attached hydrogen (secondary N) is 1. The zero-order valence-electron chi connectivity index (χ0n) is 12.7. The molecule has 3 nitrogen and oxygen atoms in total. The molecule has 1 aliphatic carbocycles. The first-order chi connectivity index (χ1) is 10.1. The Labute approximate surface area is 136 Å². The van der Waals surface area contributed by atoms with Crippen molar-refractivity contribution in [3.05, 3.63) is 34.3 Å². The minimum Gasteiger partial charge on any atom is -0.389 e. The molecule has 0 bridgehead atoms. The van der Waals surface area contributed by atoms with Gasteiger partial charge in [0.2, 0.25) is 0 Å². The van der Waals surface area contributed by atoms with E-state index >= 15 is 0 Å². The van der Waals surface area contributed by atoms with Crippen LogP contribution in [0.4, 0.5) is 0 Å². The summed E-state index contributed by atoms with van der Waals surface area (Å²) in [4.78, 5) is 0. The molecule has 2 atom stereocenters. The van der Waals surface area contributed by atoms with Crippen molar-refractivity contribution < 1.29 is 9.84 Å². The zero-order chi connectivity index (χ0) is 15.1. The smallest absolute Gasteiger partial charge is 0.0898 e. The Morgan fingerprint density at radius 1 is 1.24 bits per heavy atom. The van der Waals surface area contributed by atoms with Gasteiger partial charge in [-0.05, 0) is 37.5 Å². The van der Waals surface area contributed by atoms with Crippen LogP contribution in [0.5, 0.6) is 0 Å². The Bertz CT molecular complexity index is 404. The first-order valence-electron chi connectivity index (χ1n) is 7.93. The molecule has 1 aromatic carbocycles. The molecule has 1 fully saturated rings. The maximum Gasteiger partial charge on any atom is 0.0898 e. The van der Waals surface area contributed by atoms with Crippen LogP contribution in [-0.4, -0.2) is 30.5 Å². The molecular formula is C17H26BrNO2. The maximum atomic E-state index is 10.0. The molecule has 1 aromatic rings. The topological polar surface area (TPSA) is 41.5 Å². The Kier molecular flexibility index (Phi) is 7.17. The number of hydrogen-bond donors (Lipinski definition) is 2. The standard InChI is InChI=1S/C17H26BrNO2/c1-13(14-7-9-15(18)10-8-14)19-11-16(20)12-21-17-5-3-2-4-6-17/h7-10,13,16-17,19-20H,2-6,11-12H2,1H3/t13-,16?/m0/s1. The second kappa shape index (κ2) is 8.89. The van der Waals surface area contributed by atoms with Crippen LogP contribution in [0.1, 0.15) is 50.6 Å². The van der Waals surface area contributed by atoms with Gasteiger partial charge in [-0.1, -0.05) is 47.3 Å². The molecule has 0 spiro atoms. The molecule has 0 heterocycles. The van der Waals surface area contributed by atoms with Crippen LogP contribution >= 0.6 is 15.9 Å². The zero-order valence-corrected chi connectivity index (χ0v) is 14.3. The Morgan fingerprint density at radius 3 is 2.57 bits per heavy atom.